The summed E-state index contributed by atoms with van der Waals surface area (Å²) in [5.41, 5.74) is 1.41. The van der Waals surface area contributed by atoms with Crippen molar-refractivity contribution < 1.29 is 9.21 Å². The number of carbonyl (C=O) groups is 1. The molecule has 0 bridgehead atoms. The molecule has 1 N–H and O–H groups in total. The molecule has 1 aromatic heterocycles. The largest absolute Gasteiger partial charge is 0.403 e. The molecule has 4 rings (SSSR count). The minimum absolute atomic E-state index is 0.0995. The summed E-state index contributed by atoms with van der Waals surface area (Å²) in [7, 11) is 0. The zero-order valence-corrected chi connectivity index (χ0v) is 14.7. The molecule has 6 heteroatoms. The van der Waals surface area contributed by atoms with Gasteiger partial charge in [0.15, 0.2) is 0 Å². The van der Waals surface area contributed by atoms with E-state index in [1.165, 1.54) is 12.8 Å². The lowest BCUT2D eigenvalue weighted by Gasteiger charge is -2.39. The maximum atomic E-state index is 12.8. The summed E-state index contributed by atoms with van der Waals surface area (Å²) in [5.74, 6) is 0.548. The van der Waals surface area contributed by atoms with Crippen molar-refractivity contribution in [2.24, 2.45) is 5.41 Å². The SMILES string of the molecule is CC1CC2(CCN1C(=O)[C@H](C)Nc1nnc(-c3ccccc3)o1)CC2. The lowest BCUT2D eigenvalue weighted by molar-refractivity contribution is -0.135. The Morgan fingerprint density at radius 1 is 1.28 bits per heavy atom. The average molecular weight is 340 g/mol. The fraction of sp³-hybridized carbons (Fsp3) is 0.526. The summed E-state index contributed by atoms with van der Waals surface area (Å²) in [6, 6.07) is 9.79. The van der Waals surface area contributed by atoms with Gasteiger partial charge in [-0.25, -0.2) is 0 Å². The second-order valence-electron chi connectivity index (χ2n) is 7.48. The Bertz CT molecular complexity index is 754. The number of piperidine rings is 1. The molecule has 1 aliphatic heterocycles. The van der Waals surface area contributed by atoms with Crippen LogP contribution in [-0.2, 0) is 4.79 Å². The highest BCUT2D eigenvalue weighted by atomic mass is 16.4. The number of nitrogens with zero attached hydrogens (tertiary/aromatic N) is 3. The molecule has 2 aromatic rings. The summed E-state index contributed by atoms with van der Waals surface area (Å²) in [6.45, 7) is 4.86. The summed E-state index contributed by atoms with van der Waals surface area (Å²) in [4.78, 5) is 14.8. The third kappa shape index (κ3) is 3.25. The molecule has 6 nitrogen and oxygen atoms in total. The molecule has 1 aliphatic carbocycles. The van der Waals surface area contributed by atoms with E-state index >= 15 is 0 Å². The van der Waals surface area contributed by atoms with Crippen molar-refractivity contribution in [2.75, 3.05) is 11.9 Å². The van der Waals surface area contributed by atoms with Crippen LogP contribution in [0.15, 0.2) is 34.7 Å². The molecule has 0 radical (unpaired) electrons. The molecule has 1 saturated heterocycles. The monoisotopic (exact) mass is 340 g/mol. The molecule has 2 fully saturated rings. The van der Waals surface area contributed by atoms with Gasteiger partial charge in [0.1, 0.15) is 6.04 Å². The first-order valence-corrected chi connectivity index (χ1v) is 9.02. The van der Waals surface area contributed by atoms with E-state index < -0.39 is 0 Å². The van der Waals surface area contributed by atoms with Gasteiger partial charge in [-0.2, -0.15) is 0 Å². The molecule has 1 amide bonds. The molecule has 132 valence electrons. The molecule has 1 spiro atoms. The van der Waals surface area contributed by atoms with Crippen molar-refractivity contribution >= 4 is 11.9 Å². The van der Waals surface area contributed by atoms with Crippen molar-refractivity contribution in [1.29, 1.82) is 0 Å². The predicted octanol–water partition coefficient (Wildman–Crippen LogP) is 3.33. The summed E-state index contributed by atoms with van der Waals surface area (Å²) in [6.07, 6.45) is 4.92. The number of amides is 1. The van der Waals surface area contributed by atoms with Crippen molar-refractivity contribution in [2.45, 2.75) is 51.6 Å². The van der Waals surface area contributed by atoms with Crippen LogP contribution in [0.4, 0.5) is 6.01 Å². The smallest absolute Gasteiger partial charge is 0.316 e. The van der Waals surface area contributed by atoms with Crippen LogP contribution in [0.25, 0.3) is 11.5 Å². The normalized spacial score (nSPS) is 22.6. The fourth-order valence-electron chi connectivity index (χ4n) is 3.85. The summed E-state index contributed by atoms with van der Waals surface area (Å²) >= 11 is 0. The number of hydrogen-bond donors (Lipinski definition) is 1. The Labute approximate surface area is 147 Å². The van der Waals surface area contributed by atoms with Crippen LogP contribution in [-0.4, -0.2) is 39.6 Å². The van der Waals surface area contributed by atoms with Gasteiger partial charge in [-0.05, 0) is 57.1 Å². The lowest BCUT2D eigenvalue weighted by Crippen LogP contribution is -2.50. The quantitative estimate of drug-likeness (QED) is 0.924. The highest BCUT2D eigenvalue weighted by Gasteiger charge is 2.48. The number of likely N-dealkylation sites (tertiary alicyclic amines) is 1. The van der Waals surface area contributed by atoms with Crippen LogP contribution in [0, 0.1) is 5.41 Å². The van der Waals surface area contributed by atoms with E-state index in [2.05, 4.69) is 22.4 Å². The first-order valence-electron chi connectivity index (χ1n) is 9.02. The number of aromatic nitrogens is 2. The van der Waals surface area contributed by atoms with Gasteiger partial charge in [0, 0.05) is 18.2 Å². The van der Waals surface area contributed by atoms with Gasteiger partial charge in [0.05, 0.1) is 0 Å². The van der Waals surface area contributed by atoms with Crippen LogP contribution in [0.3, 0.4) is 0 Å². The predicted molar refractivity (Wildman–Crippen MR) is 94.9 cm³/mol. The Hall–Kier alpha value is -2.37. The van der Waals surface area contributed by atoms with Crippen LogP contribution < -0.4 is 5.32 Å². The van der Waals surface area contributed by atoms with Crippen LogP contribution in [0.5, 0.6) is 0 Å². The van der Waals surface area contributed by atoms with Gasteiger partial charge in [0.2, 0.25) is 11.8 Å². The molecule has 2 atom stereocenters. The number of hydrogen-bond acceptors (Lipinski definition) is 5. The van der Waals surface area contributed by atoms with Gasteiger partial charge < -0.3 is 14.6 Å². The van der Waals surface area contributed by atoms with E-state index in [0.717, 1.165) is 24.9 Å². The number of carbonyl (C=O) groups excluding carboxylic acids is 1. The minimum atomic E-state index is -0.389. The van der Waals surface area contributed by atoms with Gasteiger partial charge >= 0.3 is 6.01 Å². The lowest BCUT2D eigenvalue weighted by atomic mass is 9.88. The minimum Gasteiger partial charge on any atom is -0.403 e. The van der Waals surface area contributed by atoms with Gasteiger partial charge in [-0.1, -0.05) is 23.3 Å². The first kappa shape index (κ1) is 16.1. The van der Waals surface area contributed by atoms with E-state index in [0.29, 0.717) is 17.3 Å². The van der Waals surface area contributed by atoms with Gasteiger partial charge in [-0.3, -0.25) is 4.79 Å². The maximum Gasteiger partial charge on any atom is 0.316 e. The Morgan fingerprint density at radius 2 is 2.04 bits per heavy atom. The fourth-order valence-corrected chi connectivity index (χ4v) is 3.85. The Balaban J connectivity index is 1.39. The highest BCUT2D eigenvalue weighted by molar-refractivity contribution is 5.84. The topological polar surface area (TPSA) is 71.3 Å². The van der Waals surface area contributed by atoms with E-state index in [1.807, 2.05) is 42.2 Å². The van der Waals surface area contributed by atoms with Gasteiger partial charge in [0.25, 0.3) is 0 Å². The average Bonchev–Trinajstić information content (AvgIpc) is 3.19. The number of nitrogens with one attached hydrogen (secondary N) is 1. The second kappa shape index (κ2) is 6.17. The van der Waals surface area contributed by atoms with Crippen molar-refractivity contribution in [3.05, 3.63) is 30.3 Å². The third-order valence-electron chi connectivity index (χ3n) is 5.54. The third-order valence-corrected chi connectivity index (χ3v) is 5.54. The first-order chi connectivity index (χ1) is 12.1. The number of rotatable bonds is 4. The highest BCUT2D eigenvalue weighted by Crippen LogP contribution is 2.55. The molecule has 2 aliphatic rings. The van der Waals surface area contributed by atoms with Crippen LogP contribution >= 0.6 is 0 Å². The molecule has 1 saturated carbocycles. The zero-order valence-electron chi connectivity index (χ0n) is 14.7. The van der Waals surface area contributed by atoms with Crippen molar-refractivity contribution in [1.82, 2.24) is 15.1 Å². The van der Waals surface area contributed by atoms with E-state index in [-0.39, 0.29) is 18.0 Å². The Kier molecular flexibility index (Phi) is 3.98. The summed E-state index contributed by atoms with van der Waals surface area (Å²) < 4.78 is 5.64. The van der Waals surface area contributed by atoms with Crippen LogP contribution in [0.1, 0.15) is 39.5 Å². The molecular weight excluding hydrogens is 316 g/mol. The van der Waals surface area contributed by atoms with Crippen molar-refractivity contribution in [3.8, 4) is 11.5 Å². The molecule has 1 unspecified atom stereocenters. The number of anilines is 1. The molecule has 1 aromatic carbocycles. The summed E-state index contributed by atoms with van der Waals surface area (Å²) in [5, 5.41) is 11.1. The van der Waals surface area contributed by atoms with E-state index in [1.54, 1.807) is 0 Å². The maximum absolute atomic E-state index is 12.8. The zero-order chi connectivity index (χ0) is 17.4. The molecule has 2 heterocycles. The second-order valence-corrected chi connectivity index (χ2v) is 7.48. The van der Waals surface area contributed by atoms with E-state index in [4.69, 9.17) is 4.42 Å². The molecule has 25 heavy (non-hydrogen) atoms. The van der Waals surface area contributed by atoms with Gasteiger partial charge in [-0.15, -0.1) is 5.10 Å². The van der Waals surface area contributed by atoms with Crippen molar-refractivity contribution in [3.63, 3.8) is 0 Å². The number of benzene rings is 1. The molecular formula is C19H24N4O2. The standard InChI is InChI=1S/C19H24N4O2/c1-13-12-19(8-9-19)10-11-23(13)17(24)14(2)20-18-22-21-16(25-18)15-6-4-3-5-7-15/h3-7,13-14H,8-12H2,1-2H3,(H,20,22)/t13?,14-/m0/s1. The van der Waals surface area contributed by atoms with E-state index in [9.17, 15) is 4.79 Å². The Morgan fingerprint density at radius 3 is 2.72 bits per heavy atom. The van der Waals surface area contributed by atoms with Crippen LogP contribution in [0.2, 0.25) is 0 Å².